The molecule has 2 N–H and O–H groups in total. The Hall–Kier alpha value is -2.77. The van der Waals surface area contributed by atoms with Crippen molar-refractivity contribution < 1.29 is 0 Å². The molecule has 5 heteroatoms. The Morgan fingerprint density at radius 1 is 1.05 bits per heavy atom. The molecule has 3 aromatic rings. The Labute approximate surface area is 127 Å². The number of nitriles is 1. The monoisotopic (exact) mass is 294 g/mol. The summed E-state index contributed by atoms with van der Waals surface area (Å²) in [6.07, 6.45) is 0. The average Bonchev–Trinajstić information content (AvgIpc) is 2.85. The van der Waals surface area contributed by atoms with Crippen molar-refractivity contribution in [3.63, 3.8) is 0 Å². The Balaban J connectivity index is 2.25. The fraction of sp³-hybridized carbons (Fsp3) is 0. The van der Waals surface area contributed by atoms with Gasteiger partial charge in [0.15, 0.2) is 0 Å². The van der Waals surface area contributed by atoms with Crippen molar-refractivity contribution in [2.75, 3.05) is 5.73 Å². The van der Waals surface area contributed by atoms with Crippen LogP contribution in [-0.4, -0.2) is 9.78 Å². The van der Waals surface area contributed by atoms with E-state index in [2.05, 4.69) is 11.2 Å². The SMILES string of the molecule is N#Cc1c(-c2ccccc2)nn(-c2ccccc2Cl)c1N. The van der Waals surface area contributed by atoms with Gasteiger partial charge in [0.2, 0.25) is 0 Å². The van der Waals surface area contributed by atoms with E-state index in [-0.39, 0.29) is 5.82 Å². The average molecular weight is 295 g/mol. The molecule has 0 radical (unpaired) electrons. The molecule has 0 aliphatic carbocycles. The van der Waals surface area contributed by atoms with Crippen molar-refractivity contribution in [3.8, 4) is 23.0 Å². The number of aromatic nitrogens is 2. The first-order valence-electron chi connectivity index (χ1n) is 6.31. The first-order valence-corrected chi connectivity index (χ1v) is 6.69. The predicted molar refractivity (Wildman–Crippen MR) is 83.1 cm³/mol. The van der Waals surface area contributed by atoms with Crippen LogP contribution in [0.3, 0.4) is 0 Å². The Bertz CT molecular complexity index is 831. The smallest absolute Gasteiger partial charge is 0.145 e. The molecule has 0 fully saturated rings. The van der Waals surface area contributed by atoms with E-state index in [1.165, 1.54) is 4.68 Å². The van der Waals surface area contributed by atoms with Gasteiger partial charge in [-0.25, -0.2) is 4.68 Å². The van der Waals surface area contributed by atoms with Crippen molar-refractivity contribution in [3.05, 3.63) is 65.2 Å². The van der Waals surface area contributed by atoms with Gasteiger partial charge in [0.1, 0.15) is 23.1 Å². The highest BCUT2D eigenvalue weighted by Crippen LogP contribution is 2.30. The van der Waals surface area contributed by atoms with E-state index < -0.39 is 0 Å². The summed E-state index contributed by atoms with van der Waals surface area (Å²) in [6, 6.07) is 18.8. The van der Waals surface area contributed by atoms with Gasteiger partial charge in [-0.1, -0.05) is 54.1 Å². The lowest BCUT2D eigenvalue weighted by Gasteiger charge is -2.05. The topological polar surface area (TPSA) is 67.6 Å². The van der Waals surface area contributed by atoms with Crippen LogP contribution < -0.4 is 5.73 Å². The van der Waals surface area contributed by atoms with Crippen molar-refractivity contribution >= 4 is 17.4 Å². The first kappa shape index (κ1) is 13.2. The molecule has 0 bridgehead atoms. The second-order valence-electron chi connectivity index (χ2n) is 4.45. The van der Waals surface area contributed by atoms with Crippen LogP contribution in [0.25, 0.3) is 16.9 Å². The minimum Gasteiger partial charge on any atom is -0.382 e. The van der Waals surface area contributed by atoms with Gasteiger partial charge in [-0.3, -0.25) is 0 Å². The van der Waals surface area contributed by atoms with Crippen molar-refractivity contribution in [2.24, 2.45) is 0 Å². The summed E-state index contributed by atoms with van der Waals surface area (Å²) in [5, 5.41) is 14.4. The van der Waals surface area contributed by atoms with Crippen LogP contribution in [-0.2, 0) is 0 Å². The van der Waals surface area contributed by atoms with Crippen molar-refractivity contribution in [1.82, 2.24) is 9.78 Å². The van der Waals surface area contributed by atoms with E-state index in [9.17, 15) is 5.26 Å². The maximum absolute atomic E-state index is 9.37. The third kappa shape index (κ3) is 2.24. The van der Waals surface area contributed by atoms with Gasteiger partial charge in [0, 0.05) is 5.56 Å². The molecule has 21 heavy (non-hydrogen) atoms. The van der Waals surface area contributed by atoms with Gasteiger partial charge in [0.25, 0.3) is 0 Å². The van der Waals surface area contributed by atoms with E-state index >= 15 is 0 Å². The summed E-state index contributed by atoms with van der Waals surface area (Å²) in [5.41, 5.74) is 8.46. The molecule has 0 unspecified atom stereocenters. The fourth-order valence-electron chi connectivity index (χ4n) is 2.15. The molecule has 0 spiro atoms. The van der Waals surface area contributed by atoms with Crippen LogP contribution >= 0.6 is 11.6 Å². The summed E-state index contributed by atoms with van der Waals surface area (Å²) in [7, 11) is 0. The predicted octanol–water partition coefficient (Wildman–Crippen LogP) is 3.65. The van der Waals surface area contributed by atoms with E-state index in [4.69, 9.17) is 17.3 Å². The van der Waals surface area contributed by atoms with Crippen LogP contribution in [0.15, 0.2) is 54.6 Å². The fourth-order valence-corrected chi connectivity index (χ4v) is 2.36. The minimum absolute atomic E-state index is 0.282. The largest absolute Gasteiger partial charge is 0.382 e. The molecule has 3 rings (SSSR count). The van der Waals surface area contributed by atoms with Crippen LogP contribution in [0, 0.1) is 11.3 Å². The van der Waals surface area contributed by atoms with Crippen LogP contribution in [0.5, 0.6) is 0 Å². The second-order valence-corrected chi connectivity index (χ2v) is 4.86. The number of nitrogens with two attached hydrogens (primary N) is 1. The number of hydrogen-bond donors (Lipinski definition) is 1. The van der Waals surface area contributed by atoms with E-state index in [1.54, 1.807) is 6.07 Å². The number of nitrogens with zero attached hydrogens (tertiary/aromatic N) is 3. The Kier molecular flexibility index (Phi) is 3.35. The second kappa shape index (κ2) is 5.31. The molecule has 1 heterocycles. The molecular weight excluding hydrogens is 284 g/mol. The zero-order valence-corrected chi connectivity index (χ0v) is 11.7. The number of anilines is 1. The standard InChI is InChI=1S/C16H11ClN4/c17-13-8-4-5-9-14(13)21-16(19)12(10-18)15(20-21)11-6-2-1-3-7-11/h1-9H,19H2. The first-order chi connectivity index (χ1) is 10.2. The van der Waals surface area contributed by atoms with Gasteiger partial charge in [-0.2, -0.15) is 10.4 Å². The molecule has 0 atom stereocenters. The van der Waals surface area contributed by atoms with Crippen molar-refractivity contribution in [2.45, 2.75) is 0 Å². The van der Waals surface area contributed by atoms with E-state index in [1.807, 2.05) is 48.5 Å². The molecule has 0 aliphatic heterocycles. The van der Waals surface area contributed by atoms with Gasteiger partial charge in [-0.15, -0.1) is 0 Å². The molecule has 0 aliphatic rings. The van der Waals surface area contributed by atoms with Crippen molar-refractivity contribution in [1.29, 1.82) is 5.26 Å². The van der Waals surface area contributed by atoms with E-state index in [0.717, 1.165) is 5.56 Å². The lowest BCUT2D eigenvalue weighted by Crippen LogP contribution is -2.02. The van der Waals surface area contributed by atoms with Gasteiger partial charge < -0.3 is 5.73 Å². The summed E-state index contributed by atoms with van der Waals surface area (Å²) in [4.78, 5) is 0. The van der Waals surface area contributed by atoms with Gasteiger partial charge in [0.05, 0.1) is 10.7 Å². The Morgan fingerprint density at radius 2 is 1.71 bits per heavy atom. The summed E-state index contributed by atoms with van der Waals surface area (Å²) >= 11 is 6.18. The number of hydrogen-bond acceptors (Lipinski definition) is 3. The quantitative estimate of drug-likeness (QED) is 0.784. The maximum atomic E-state index is 9.37. The van der Waals surface area contributed by atoms with Crippen LogP contribution in [0.4, 0.5) is 5.82 Å². The molecule has 1 aromatic heterocycles. The number of nitrogen functional groups attached to an aromatic ring is 1. The lowest BCUT2D eigenvalue weighted by molar-refractivity contribution is 0.895. The minimum atomic E-state index is 0.282. The normalized spacial score (nSPS) is 10.3. The third-order valence-electron chi connectivity index (χ3n) is 3.16. The number of halogens is 1. The number of benzene rings is 2. The summed E-state index contributed by atoms with van der Waals surface area (Å²) in [5.74, 6) is 0.282. The molecular formula is C16H11ClN4. The van der Waals surface area contributed by atoms with Gasteiger partial charge in [-0.05, 0) is 12.1 Å². The molecule has 102 valence electrons. The third-order valence-corrected chi connectivity index (χ3v) is 3.48. The lowest BCUT2D eigenvalue weighted by atomic mass is 10.1. The highest BCUT2D eigenvalue weighted by Gasteiger charge is 2.18. The van der Waals surface area contributed by atoms with Crippen LogP contribution in [0.1, 0.15) is 5.56 Å². The van der Waals surface area contributed by atoms with E-state index in [0.29, 0.717) is 22.0 Å². The maximum Gasteiger partial charge on any atom is 0.145 e. The zero-order chi connectivity index (χ0) is 14.8. The molecule has 0 saturated carbocycles. The summed E-state index contributed by atoms with van der Waals surface area (Å²) in [6.45, 7) is 0. The van der Waals surface area contributed by atoms with Gasteiger partial charge >= 0.3 is 0 Å². The van der Waals surface area contributed by atoms with Crippen LogP contribution in [0.2, 0.25) is 5.02 Å². The highest BCUT2D eigenvalue weighted by molar-refractivity contribution is 6.32. The highest BCUT2D eigenvalue weighted by atomic mass is 35.5. The Morgan fingerprint density at radius 3 is 2.38 bits per heavy atom. The number of para-hydroxylation sites is 1. The number of rotatable bonds is 2. The molecule has 2 aromatic carbocycles. The summed E-state index contributed by atoms with van der Waals surface area (Å²) < 4.78 is 1.50. The molecule has 4 nitrogen and oxygen atoms in total. The molecule has 0 saturated heterocycles. The zero-order valence-electron chi connectivity index (χ0n) is 11.0. The molecule has 0 amide bonds.